The molecule has 0 radical (unpaired) electrons. The van der Waals surface area contributed by atoms with Crippen LogP contribution in [-0.2, 0) is 0 Å². The van der Waals surface area contributed by atoms with Gasteiger partial charge < -0.3 is 10.6 Å². The van der Waals surface area contributed by atoms with E-state index in [1.54, 1.807) is 0 Å². The Kier molecular flexibility index (Phi) is 3.43. The largest absolute Gasteiger partial charge is 0.383 e. The van der Waals surface area contributed by atoms with Crippen LogP contribution in [0, 0.1) is 0 Å². The molecule has 0 spiro atoms. The van der Waals surface area contributed by atoms with Crippen molar-refractivity contribution in [2.45, 2.75) is 0 Å². The van der Waals surface area contributed by atoms with E-state index in [1.807, 2.05) is 49.3 Å². The molecule has 2 N–H and O–H groups in total. The summed E-state index contributed by atoms with van der Waals surface area (Å²) in [6, 6.07) is 15.9. The van der Waals surface area contributed by atoms with Gasteiger partial charge in [-0.15, -0.1) is 0 Å². The number of aromatic nitrogens is 1. The highest BCUT2D eigenvalue weighted by molar-refractivity contribution is 6.30. The van der Waals surface area contributed by atoms with Crippen LogP contribution < -0.4 is 10.6 Å². The maximum Gasteiger partial charge on any atom is 0.131 e. The average molecular weight is 298 g/mol. The van der Waals surface area contributed by atoms with E-state index in [4.69, 9.17) is 17.3 Å². The first kappa shape index (κ1) is 13.7. The van der Waals surface area contributed by atoms with Gasteiger partial charge in [0, 0.05) is 35.8 Å². The van der Waals surface area contributed by atoms with Crippen molar-refractivity contribution < 1.29 is 0 Å². The second kappa shape index (κ2) is 5.26. The van der Waals surface area contributed by atoms with Crippen LogP contribution in [0.5, 0.6) is 0 Å². The van der Waals surface area contributed by atoms with Crippen molar-refractivity contribution in [3.63, 3.8) is 0 Å². The number of hydrogen-bond donors (Lipinski definition) is 1. The second-order valence-corrected chi connectivity index (χ2v) is 5.64. The summed E-state index contributed by atoms with van der Waals surface area (Å²) >= 11 is 5.93. The van der Waals surface area contributed by atoms with Gasteiger partial charge in [-0.1, -0.05) is 29.8 Å². The van der Waals surface area contributed by atoms with Gasteiger partial charge in [0.2, 0.25) is 0 Å². The van der Waals surface area contributed by atoms with Crippen LogP contribution in [0.3, 0.4) is 0 Å². The number of fused-ring (bicyclic) bond motifs is 1. The molecule has 106 valence electrons. The molecular formula is C17H16ClN3. The minimum absolute atomic E-state index is 0.528. The third kappa shape index (κ3) is 2.65. The monoisotopic (exact) mass is 297 g/mol. The lowest BCUT2D eigenvalue weighted by Gasteiger charge is -2.14. The van der Waals surface area contributed by atoms with E-state index in [-0.39, 0.29) is 0 Å². The van der Waals surface area contributed by atoms with Crippen molar-refractivity contribution >= 4 is 34.0 Å². The molecule has 0 aliphatic heterocycles. The van der Waals surface area contributed by atoms with Crippen molar-refractivity contribution in [2.24, 2.45) is 0 Å². The fourth-order valence-electron chi connectivity index (χ4n) is 2.31. The number of anilines is 2. The Hall–Kier alpha value is -2.26. The summed E-state index contributed by atoms with van der Waals surface area (Å²) < 4.78 is 0. The van der Waals surface area contributed by atoms with Crippen LogP contribution in [0.25, 0.3) is 22.0 Å². The van der Waals surface area contributed by atoms with Crippen LogP contribution in [-0.4, -0.2) is 19.1 Å². The van der Waals surface area contributed by atoms with Gasteiger partial charge in [-0.05, 0) is 35.9 Å². The Morgan fingerprint density at radius 2 is 1.71 bits per heavy atom. The van der Waals surface area contributed by atoms with Gasteiger partial charge in [0.1, 0.15) is 5.82 Å². The zero-order valence-electron chi connectivity index (χ0n) is 12.0. The quantitative estimate of drug-likeness (QED) is 0.770. The molecule has 0 saturated carbocycles. The topological polar surface area (TPSA) is 42.1 Å². The maximum absolute atomic E-state index is 6.13. The third-order valence-corrected chi connectivity index (χ3v) is 3.75. The normalized spacial score (nSPS) is 10.8. The first-order valence-corrected chi connectivity index (χ1v) is 7.06. The van der Waals surface area contributed by atoms with E-state index in [9.17, 15) is 0 Å². The number of nitrogen functional groups attached to an aromatic ring is 1. The molecule has 1 heterocycles. The van der Waals surface area contributed by atoms with Crippen LogP contribution in [0.4, 0.5) is 11.5 Å². The number of benzene rings is 2. The predicted octanol–water partition coefficient (Wildman–Crippen LogP) is 4.20. The first-order valence-electron chi connectivity index (χ1n) is 6.68. The molecule has 0 atom stereocenters. The lowest BCUT2D eigenvalue weighted by Crippen LogP contribution is -2.08. The molecule has 0 bridgehead atoms. The van der Waals surface area contributed by atoms with Crippen molar-refractivity contribution in [2.75, 3.05) is 24.7 Å². The van der Waals surface area contributed by atoms with Gasteiger partial charge in [0.25, 0.3) is 0 Å². The second-order valence-electron chi connectivity index (χ2n) is 5.20. The van der Waals surface area contributed by atoms with Crippen LogP contribution in [0.1, 0.15) is 0 Å². The lowest BCUT2D eigenvalue weighted by atomic mass is 10.0. The lowest BCUT2D eigenvalue weighted by molar-refractivity contribution is 1.13. The molecule has 3 nitrogen and oxygen atoms in total. The SMILES string of the molecule is CN(C)c1ccc2cc(-c3ccc(Cl)cc3)c(N)nc2c1. The number of halogens is 1. The summed E-state index contributed by atoms with van der Waals surface area (Å²) in [5.41, 5.74) is 10.1. The molecule has 0 amide bonds. The van der Waals surface area contributed by atoms with Crippen LogP contribution in [0.15, 0.2) is 48.5 Å². The Labute approximate surface area is 129 Å². The summed E-state index contributed by atoms with van der Waals surface area (Å²) in [5.74, 6) is 0.528. The highest BCUT2D eigenvalue weighted by atomic mass is 35.5. The fraction of sp³-hybridized carbons (Fsp3) is 0.118. The zero-order chi connectivity index (χ0) is 15.0. The van der Waals surface area contributed by atoms with Crippen LogP contribution in [0.2, 0.25) is 5.02 Å². The summed E-state index contributed by atoms with van der Waals surface area (Å²) in [7, 11) is 4.01. The van der Waals surface area contributed by atoms with Gasteiger partial charge >= 0.3 is 0 Å². The molecule has 0 saturated heterocycles. The van der Waals surface area contributed by atoms with E-state index in [0.717, 1.165) is 27.7 Å². The Morgan fingerprint density at radius 1 is 1.00 bits per heavy atom. The van der Waals surface area contributed by atoms with Gasteiger partial charge in [-0.3, -0.25) is 0 Å². The van der Waals surface area contributed by atoms with Crippen molar-refractivity contribution in [1.82, 2.24) is 4.98 Å². The van der Waals surface area contributed by atoms with Crippen molar-refractivity contribution in [3.05, 3.63) is 53.6 Å². The molecule has 21 heavy (non-hydrogen) atoms. The summed E-state index contributed by atoms with van der Waals surface area (Å²) in [6.07, 6.45) is 0. The van der Waals surface area contributed by atoms with Gasteiger partial charge in [-0.2, -0.15) is 0 Å². The third-order valence-electron chi connectivity index (χ3n) is 3.50. The van der Waals surface area contributed by atoms with Crippen molar-refractivity contribution in [3.8, 4) is 11.1 Å². The van der Waals surface area contributed by atoms with E-state index in [1.165, 1.54) is 0 Å². The molecule has 0 unspecified atom stereocenters. The van der Waals surface area contributed by atoms with E-state index in [0.29, 0.717) is 10.8 Å². The smallest absolute Gasteiger partial charge is 0.131 e. The molecule has 2 aromatic carbocycles. The number of pyridine rings is 1. The minimum Gasteiger partial charge on any atom is -0.383 e. The first-order chi connectivity index (χ1) is 10.0. The minimum atomic E-state index is 0.528. The van der Waals surface area contributed by atoms with Gasteiger partial charge in [-0.25, -0.2) is 4.98 Å². The van der Waals surface area contributed by atoms with Crippen LogP contribution >= 0.6 is 11.6 Å². The molecule has 3 aromatic rings. The summed E-state index contributed by atoms with van der Waals surface area (Å²) in [5, 5.41) is 1.78. The van der Waals surface area contributed by atoms with Gasteiger partial charge in [0.15, 0.2) is 0 Å². The molecule has 4 heteroatoms. The standard InChI is InChI=1S/C17H16ClN3/c1-21(2)14-8-5-12-9-15(17(19)20-16(12)10-14)11-3-6-13(18)7-4-11/h3-10H,1-2H3,(H2,19,20). The number of nitrogens with zero attached hydrogens (tertiary/aromatic N) is 2. The van der Waals surface area contributed by atoms with E-state index in [2.05, 4.69) is 23.2 Å². The van der Waals surface area contributed by atoms with E-state index >= 15 is 0 Å². The molecule has 3 rings (SSSR count). The Morgan fingerprint density at radius 3 is 2.38 bits per heavy atom. The molecule has 1 aromatic heterocycles. The highest BCUT2D eigenvalue weighted by Crippen LogP contribution is 2.30. The number of hydrogen-bond acceptors (Lipinski definition) is 3. The van der Waals surface area contributed by atoms with E-state index < -0.39 is 0 Å². The Balaban J connectivity index is 2.15. The molecule has 0 fully saturated rings. The average Bonchev–Trinajstić information content (AvgIpc) is 2.47. The highest BCUT2D eigenvalue weighted by Gasteiger charge is 2.08. The fourth-order valence-corrected chi connectivity index (χ4v) is 2.44. The number of nitrogens with two attached hydrogens (primary N) is 1. The molecule has 0 aliphatic carbocycles. The summed E-state index contributed by atoms with van der Waals surface area (Å²) in [4.78, 5) is 6.58. The molecular weight excluding hydrogens is 282 g/mol. The number of rotatable bonds is 2. The Bertz CT molecular complexity index is 795. The molecule has 0 aliphatic rings. The maximum atomic E-state index is 6.13. The zero-order valence-corrected chi connectivity index (χ0v) is 12.7. The van der Waals surface area contributed by atoms with Gasteiger partial charge in [0.05, 0.1) is 5.52 Å². The van der Waals surface area contributed by atoms with Crippen molar-refractivity contribution in [1.29, 1.82) is 0 Å². The summed E-state index contributed by atoms with van der Waals surface area (Å²) in [6.45, 7) is 0. The predicted molar refractivity (Wildman–Crippen MR) is 90.9 cm³/mol.